The van der Waals surface area contributed by atoms with Crippen LogP contribution >= 0.6 is 0 Å². The van der Waals surface area contributed by atoms with E-state index in [2.05, 4.69) is 24.1 Å². The minimum atomic E-state index is -0.682. The third-order valence-electron chi connectivity index (χ3n) is 2.68. The molecule has 96 valence electrons. The lowest BCUT2D eigenvalue weighted by Crippen LogP contribution is -2.33. The van der Waals surface area contributed by atoms with Crippen molar-refractivity contribution in [1.29, 1.82) is 0 Å². The van der Waals surface area contributed by atoms with Crippen LogP contribution in [0.2, 0.25) is 0 Å². The predicted molar refractivity (Wildman–Crippen MR) is 70.9 cm³/mol. The zero-order valence-electron chi connectivity index (χ0n) is 11.1. The lowest BCUT2D eigenvalue weighted by molar-refractivity contribution is 0.0504. The molecule has 0 radical (unpaired) electrons. The second-order valence-corrected chi connectivity index (χ2v) is 5.34. The number of rotatable bonds is 7. The molecule has 0 aliphatic carbocycles. The Morgan fingerprint density at radius 1 is 1.41 bits per heavy atom. The zero-order chi connectivity index (χ0) is 12.7. The molecule has 0 spiro atoms. The van der Waals surface area contributed by atoms with Crippen LogP contribution < -0.4 is 5.32 Å². The van der Waals surface area contributed by atoms with Crippen molar-refractivity contribution in [3.8, 4) is 0 Å². The van der Waals surface area contributed by atoms with Crippen LogP contribution in [0.25, 0.3) is 0 Å². The van der Waals surface area contributed by atoms with Crippen LogP contribution in [0.15, 0.2) is 24.4 Å². The third kappa shape index (κ3) is 6.39. The minimum Gasteiger partial charge on any atom is -0.390 e. The van der Waals surface area contributed by atoms with Crippen molar-refractivity contribution in [2.45, 2.75) is 39.2 Å². The summed E-state index contributed by atoms with van der Waals surface area (Å²) in [6, 6.07) is 5.80. The summed E-state index contributed by atoms with van der Waals surface area (Å²) in [6.45, 7) is 8.08. The first-order chi connectivity index (χ1) is 7.99. The highest BCUT2D eigenvalue weighted by Crippen LogP contribution is 2.14. The molecule has 1 unspecified atom stereocenters. The number of hydrogen-bond donors (Lipinski definition) is 2. The SMILES string of the molecule is CC(C)CNCCC(C)(O)Cc1ccccn1. The molecule has 17 heavy (non-hydrogen) atoms. The summed E-state index contributed by atoms with van der Waals surface area (Å²) in [7, 11) is 0. The van der Waals surface area contributed by atoms with Gasteiger partial charge in [-0.15, -0.1) is 0 Å². The number of hydrogen-bond acceptors (Lipinski definition) is 3. The Morgan fingerprint density at radius 3 is 2.76 bits per heavy atom. The number of aliphatic hydroxyl groups is 1. The molecule has 1 atom stereocenters. The van der Waals surface area contributed by atoms with Gasteiger partial charge in [0.2, 0.25) is 0 Å². The summed E-state index contributed by atoms with van der Waals surface area (Å²) in [6.07, 6.45) is 3.12. The summed E-state index contributed by atoms with van der Waals surface area (Å²) in [5.41, 5.74) is 0.263. The Kier molecular flexibility index (Phi) is 5.59. The second kappa shape index (κ2) is 6.72. The van der Waals surface area contributed by atoms with E-state index in [9.17, 15) is 5.11 Å². The molecule has 3 heteroatoms. The van der Waals surface area contributed by atoms with Gasteiger partial charge in [0, 0.05) is 18.3 Å². The normalized spacial score (nSPS) is 14.9. The third-order valence-corrected chi connectivity index (χ3v) is 2.68. The van der Waals surface area contributed by atoms with Crippen molar-refractivity contribution in [3.05, 3.63) is 30.1 Å². The van der Waals surface area contributed by atoms with Gasteiger partial charge in [-0.3, -0.25) is 4.98 Å². The Morgan fingerprint density at radius 2 is 2.18 bits per heavy atom. The topological polar surface area (TPSA) is 45.1 Å². The molecular formula is C14H24N2O. The maximum atomic E-state index is 10.3. The minimum absolute atomic E-state index is 0.608. The van der Waals surface area contributed by atoms with E-state index in [1.165, 1.54) is 0 Å². The van der Waals surface area contributed by atoms with Crippen LogP contribution in [0.3, 0.4) is 0 Å². The number of nitrogens with one attached hydrogen (secondary N) is 1. The van der Waals surface area contributed by atoms with Crippen molar-refractivity contribution in [2.75, 3.05) is 13.1 Å². The fourth-order valence-corrected chi connectivity index (χ4v) is 1.73. The van der Waals surface area contributed by atoms with E-state index < -0.39 is 5.60 Å². The molecule has 0 aliphatic heterocycles. The van der Waals surface area contributed by atoms with Crippen LogP contribution in [0, 0.1) is 5.92 Å². The number of pyridine rings is 1. The Balaban J connectivity index is 2.31. The molecule has 0 saturated heterocycles. The summed E-state index contributed by atoms with van der Waals surface area (Å²) in [4.78, 5) is 4.24. The molecule has 0 aliphatic rings. The van der Waals surface area contributed by atoms with E-state index in [0.29, 0.717) is 12.3 Å². The maximum Gasteiger partial charge on any atom is 0.0687 e. The van der Waals surface area contributed by atoms with Gasteiger partial charge < -0.3 is 10.4 Å². The van der Waals surface area contributed by atoms with Gasteiger partial charge in [-0.05, 0) is 44.5 Å². The molecular weight excluding hydrogens is 212 g/mol. The summed E-state index contributed by atoms with van der Waals surface area (Å²) >= 11 is 0. The largest absolute Gasteiger partial charge is 0.390 e. The van der Waals surface area contributed by atoms with Gasteiger partial charge in [0.15, 0.2) is 0 Å². The van der Waals surface area contributed by atoms with Crippen molar-refractivity contribution >= 4 is 0 Å². The van der Waals surface area contributed by atoms with Crippen LogP contribution in [-0.2, 0) is 6.42 Å². The molecule has 0 saturated carbocycles. The first kappa shape index (κ1) is 14.1. The molecule has 2 N–H and O–H groups in total. The van der Waals surface area contributed by atoms with Gasteiger partial charge >= 0.3 is 0 Å². The van der Waals surface area contributed by atoms with Gasteiger partial charge in [-0.25, -0.2) is 0 Å². The maximum absolute atomic E-state index is 10.3. The molecule has 0 bridgehead atoms. The van der Waals surface area contributed by atoms with E-state index >= 15 is 0 Å². The molecule has 0 aromatic carbocycles. The van der Waals surface area contributed by atoms with Crippen molar-refractivity contribution in [3.63, 3.8) is 0 Å². The predicted octanol–water partition coefficient (Wildman–Crippen LogP) is 2.01. The van der Waals surface area contributed by atoms with Crippen LogP contribution in [-0.4, -0.2) is 28.8 Å². The van der Waals surface area contributed by atoms with Gasteiger partial charge in [0.05, 0.1) is 5.60 Å². The highest BCUT2D eigenvalue weighted by molar-refractivity contribution is 5.06. The van der Waals surface area contributed by atoms with Crippen molar-refractivity contribution < 1.29 is 5.11 Å². The molecule has 0 amide bonds. The average molecular weight is 236 g/mol. The van der Waals surface area contributed by atoms with Gasteiger partial charge in [-0.1, -0.05) is 19.9 Å². The van der Waals surface area contributed by atoms with Crippen LogP contribution in [0.4, 0.5) is 0 Å². The van der Waals surface area contributed by atoms with E-state index in [4.69, 9.17) is 0 Å². The highest BCUT2D eigenvalue weighted by Gasteiger charge is 2.20. The first-order valence-electron chi connectivity index (χ1n) is 6.32. The van der Waals surface area contributed by atoms with E-state index in [-0.39, 0.29) is 0 Å². The lowest BCUT2D eigenvalue weighted by Gasteiger charge is -2.23. The Hall–Kier alpha value is -0.930. The summed E-state index contributed by atoms with van der Waals surface area (Å²) in [5.74, 6) is 0.649. The molecule has 1 aromatic rings. The fourth-order valence-electron chi connectivity index (χ4n) is 1.73. The first-order valence-corrected chi connectivity index (χ1v) is 6.32. The Labute approximate surface area is 104 Å². The monoisotopic (exact) mass is 236 g/mol. The van der Waals surface area contributed by atoms with E-state index in [1.807, 2.05) is 25.1 Å². The van der Waals surface area contributed by atoms with Crippen molar-refractivity contribution in [1.82, 2.24) is 10.3 Å². The van der Waals surface area contributed by atoms with E-state index in [0.717, 1.165) is 25.2 Å². The van der Waals surface area contributed by atoms with Crippen LogP contribution in [0.5, 0.6) is 0 Å². The quantitative estimate of drug-likeness (QED) is 0.712. The number of aromatic nitrogens is 1. The van der Waals surface area contributed by atoms with Gasteiger partial charge in [0.1, 0.15) is 0 Å². The standard InChI is InChI=1S/C14H24N2O/c1-12(2)11-15-9-7-14(3,17)10-13-6-4-5-8-16-13/h4-6,8,12,15,17H,7,9-11H2,1-3H3. The van der Waals surface area contributed by atoms with Crippen LogP contribution in [0.1, 0.15) is 32.9 Å². The fraction of sp³-hybridized carbons (Fsp3) is 0.643. The smallest absolute Gasteiger partial charge is 0.0687 e. The number of nitrogens with zero attached hydrogens (tertiary/aromatic N) is 1. The van der Waals surface area contributed by atoms with E-state index in [1.54, 1.807) is 6.20 Å². The molecule has 1 heterocycles. The highest BCUT2D eigenvalue weighted by atomic mass is 16.3. The molecule has 3 nitrogen and oxygen atoms in total. The lowest BCUT2D eigenvalue weighted by atomic mass is 9.96. The van der Waals surface area contributed by atoms with Gasteiger partial charge in [-0.2, -0.15) is 0 Å². The zero-order valence-corrected chi connectivity index (χ0v) is 11.1. The molecule has 0 fully saturated rings. The average Bonchev–Trinajstić information content (AvgIpc) is 2.25. The molecule has 1 rings (SSSR count). The second-order valence-electron chi connectivity index (χ2n) is 5.34. The molecule has 1 aromatic heterocycles. The Bertz CT molecular complexity index is 309. The summed E-state index contributed by atoms with van der Waals surface area (Å²) in [5, 5.41) is 13.6. The van der Waals surface area contributed by atoms with Crippen molar-refractivity contribution in [2.24, 2.45) is 5.92 Å². The summed E-state index contributed by atoms with van der Waals surface area (Å²) < 4.78 is 0. The van der Waals surface area contributed by atoms with Gasteiger partial charge in [0.25, 0.3) is 0 Å².